The second-order valence-corrected chi connectivity index (χ2v) is 3.80. The summed E-state index contributed by atoms with van der Waals surface area (Å²) < 4.78 is 72.0. The average molecular weight is 362 g/mol. The summed E-state index contributed by atoms with van der Waals surface area (Å²) >= 11 is 0. The second-order valence-electron chi connectivity index (χ2n) is 2.01. The van der Waals surface area contributed by atoms with Gasteiger partial charge in [-0.1, -0.05) is 0 Å². The van der Waals surface area contributed by atoms with Crippen molar-refractivity contribution in [2.75, 3.05) is 13.2 Å². The molecule has 15 heteroatoms. The van der Waals surface area contributed by atoms with Gasteiger partial charge in [0.1, 0.15) is 0 Å². The van der Waals surface area contributed by atoms with Crippen LogP contribution in [0.1, 0.15) is 13.8 Å². The van der Waals surface area contributed by atoms with E-state index in [-0.39, 0.29) is 59.1 Å². The first-order chi connectivity index (χ1) is 7.81. The monoisotopic (exact) mass is 362 g/mol. The van der Waals surface area contributed by atoms with Crippen LogP contribution < -0.4 is 0 Å². The summed E-state index contributed by atoms with van der Waals surface area (Å²) in [5, 5.41) is 0. The Bertz CT molecular complexity index is 349. The van der Waals surface area contributed by atoms with E-state index in [0.29, 0.717) is 13.2 Å². The normalized spacial score (nSPS) is 9.10. The van der Waals surface area contributed by atoms with Crippen LogP contribution in [0.4, 0.5) is 4.79 Å². The number of ether oxygens (including phenoxy) is 2. The minimum atomic E-state index is -4.67. The van der Waals surface area contributed by atoms with Gasteiger partial charge < -0.3 is 9.47 Å². The van der Waals surface area contributed by atoms with E-state index < -0.39 is 27.0 Å². The molecule has 0 fully saturated rings. The van der Waals surface area contributed by atoms with Gasteiger partial charge in [0, 0.05) is 0 Å². The summed E-state index contributed by atoms with van der Waals surface area (Å²) in [6.07, 6.45) is -0.588. The molecule has 4 N–H and O–H groups in total. The van der Waals surface area contributed by atoms with Gasteiger partial charge >= 0.3 is 86.1 Å². The Kier molecular flexibility index (Phi) is 29.6. The molecular weight excluding hydrogens is 346 g/mol. The van der Waals surface area contributed by atoms with Crippen LogP contribution in [0.3, 0.4) is 0 Å². The van der Waals surface area contributed by atoms with E-state index in [1.54, 1.807) is 13.8 Å². The van der Waals surface area contributed by atoms with Crippen LogP contribution in [-0.4, -0.2) is 114 Å². The van der Waals surface area contributed by atoms with E-state index in [4.69, 9.17) is 35.0 Å². The van der Waals surface area contributed by atoms with E-state index in [1.807, 2.05) is 0 Å². The predicted octanol–water partition coefficient (Wildman–Crippen LogP) is -1.42. The van der Waals surface area contributed by atoms with Gasteiger partial charge in [-0.25, -0.2) is 4.79 Å². The van der Waals surface area contributed by atoms with Crippen molar-refractivity contribution in [3.05, 3.63) is 0 Å². The zero-order valence-electron chi connectivity index (χ0n) is 9.38. The Morgan fingerprint density at radius 2 is 0.950 bits per heavy atom. The minimum absolute atomic E-state index is 0. The quantitative estimate of drug-likeness (QED) is 0.256. The Hall–Kier alpha value is 1.01. The molecule has 11 nitrogen and oxygen atoms in total. The van der Waals surface area contributed by atoms with Crippen LogP contribution in [-0.2, 0) is 30.3 Å². The van der Waals surface area contributed by atoms with Crippen molar-refractivity contribution in [1.29, 1.82) is 0 Å². The fourth-order valence-electron chi connectivity index (χ4n) is 0.277. The number of hydrogen-bond acceptors (Lipinski definition) is 7. The van der Waals surface area contributed by atoms with Crippen LogP contribution in [0.2, 0.25) is 0 Å². The van der Waals surface area contributed by atoms with Crippen LogP contribution in [0.5, 0.6) is 0 Å². The van der Waals surface area contributed by atoms with Gasteiger partial charge in [-0.15, -0.1) is 0 Å². The molecule has 0 amide bonds. The van der Waals surface area contributed by atoms with Gasteiger partial charge in [0.25, 0.3) is 0 Å². The third kappa shape index (κ3) is 125. The third-order valence-corrected chi connectivity index (χ3v) is 0.524. The van der Waals surface area contributed by atoms with E-state index in [2.05, 4.69) is 9.47 Å². The zero-order valence-corrected chi connectivity index (χ0v) is 11.0. The fourth-order valence-corrected chi connectivity index (χ4v) is 0.277. The molecule has 0 unspecified atom stereocenters. The summed E-state index contributed by atoms with van der Waals surface area (Å²) in [6.45, 7) is 4.21. The van der Waals surface area contributed by atoms with Crippen molar-refractivity contribution in [3.63, 3.8) is 0 Å². The number of carbonyl (C=O) groups excluding carboxylic acids is 1. The van der Waals surface area contributed by atoms with Crippen molar-refractivity contribution in [2.24, 2.45) is 0 Å². The molecule has 0 saturated carbocycles. The van der Waals surface area contributed by atoms with Gasteiger partial charge in [-0.3, -0.25) is 18.2 Å². The van der Waals surface area contributed by atoms with Gasteiger partial charge in [-0.05, 0) is 13.8 Å². The Balaban J connectivity index is -0.0000000558. The molecule has 0 radical (unpaired) electrons. The molecule has 116 valence electrons. The van der Waals surface area contributed by atoms with E-state index in [9.17, 15) is 4.79 Å². The van der Waals surface area contributed by atoms with Crippen molar-refractivity contribution in [1.82, 2.24) is 0 Å². The van der Waals surface area contributed by atoms with Crippen molar-refractivity contribution < 1.29 is 49.3 Å². The van der Waals surface area contributed by atoms with Crippen LogP contribution in [0, 0.1) is 0 Å². The molecule has 20 heavy (non-hydrogen) atoms. The molecule has 0 aliphatic heterocycles. The van der Waals surface area contributed by atoms with Crippen molar-refractivity contribution in [2.45, 2.75) is 13.8 Å². The Morgan fingerprint density at radius 3 is 1.05 bits per heavy atom. The fraction of sp³-hybridized carbons (Fsp3) is 0.800. The molecule has 0 rings (SSSR count). The Morgan fingerprint density at radius 1 is 0.800 bits per heavy atom. The van der Waals surface area contributed by atoms with Crippen molar-refractivity contribution in [3.8, 4) is 0 Å². The van der Waals surface area contributed by atoms with Crippen LogP contribution in [0.25, 0.3) is 0 Å². The number of hydrogen-bond donors (Lipinski definition) is 4. The van der Waals surface area contributed by atoms with Gasteiger partial charge in [-0.2, -0.15) is 16.8 Å². The van der Waals surface area contributed by atoms with Crippen LogP contribution in [0.15, 0.2) is 0 Å². The Labute approximate surface area is 161 Å². The molecule has 0 aromatic heterocycles. The van der Waals surface area contributed by atoms with Crippen molar-refractivity contribution >= 4 is 86.1 Å². The van der Waals surface area contributed by atoms with Gasteiger partial charge in [0.15, 0.2) is 0 Å². The summed E-state index contributed by atoms with van der Waals surface area (Å²) in [4.78, 5) is 10.2. The summed E-state index contributed by atoms with van der Waals surface area (Å²) in [7, 11) is -9.33. The zero-order chi connectivity index (χ0) is 15.4. The summed E-state index contributed by atoms with van der Waals surface area (Å²) in [5.74, 6) is 0. The van der Waals surface area contributed by atoms with E-state index in [1.165, 1.54) is 0 Å². The topological polar surface area (TPSA) is 185 Å². The molecule has 0 saturated heterocycles. The SMILES string of the molecule is CCOC(=O)OCC.O=S(=O)(O)O.O=S(=O)(O)O.[NaH].[NaH]. The summed E-state index contributed by atoms with van der Waals surface area (Å²) in [5.41, 5.74) is 0. The van der Waals surface area contributed by atoms with E-state index in [0.717, 1.165) is 0 Å². The molecule has 0 aliphatic carbocycles. The van der Waals surface area contributed by atoms with E-state index >= 15 is 0 Å². The first-order valence-electron chi connectivity index (χ1n) is 4.00. The number of carbonyl (C=O) groups is 1. The maximum absolute atomic E-state index is 10.2. The van der Waals surface area contributed by atoms with Crippen LogP contribution >= 0.6 is 0 Å². The molecule has 0 aromatic carbocycles. The van der Waals surface area contributed by atoms with Gasteiger partial charge in [0.2, 0.25) is 0 Å². The first kappa shape index (κ1) is 32.8. The average Bonchev–Trinajstić information content (AvgIpc) is 1.97. The first-order valence-corrected chi connectivity index (χ1v) is 6.79. The number of rotatable bonds is 2. The molecule has 0 aromatic rings. The maximum atomic E-state index is 10.2. The predicted molar refractivity (Wildman–Crippen MR) is 71.3 cm³/mol. The standard InChI is InChI=1S/C5H10O3.2Na.2H2O4S.2H/c1-3-7-5(6)8-4-2;;;2*1-5(2,3)4;;/h3-4H2,1-2H3;;;2*(H2,1,2,3,4);;. The molecule has 0 heterocycles. The molecule has 0 atom stereocenters. The second kappa shape index (κ2) is 18.1. The summed E-state index contributed by atoms with van der Waals surface area (Å²) in [6, 6.07) is 0. The molecular formula is C5H16Na2O11S2. The third-order valence-electron chi connectivity index (χ3n) is 0.524. The van der Waals surface area contributed by atoms with Gasteiger partial charge in [0.05, 0.1) is 13.2 Å². The molecule has 0 aliphatic rings. The molecule has 0 spiro atoms. The molecule has 0 bridgehead atoms.